The van der Waals surface area contributed by atoms with Crippen molar-refractivity contribution >= 4 is 34.8 Å². The lowest BCUT2D eigenvalue weighted by molar-refractivity contribution is -0.00545. The maximum absolute atomic E-state index is 12.6. The Morgan fingerprint density at radius 3 is 2.47 bits per heavy atom. The normalized spacial score (nSPS) is 22.1. The van der Waals surface area contributed by atoms with Gasteiger partial charge in [0.2, 0.25) is 0 Å². The second kappa shape index (κ2) is 9.18. The van der Waals surface area contributed by atoms with Gasteiger partial charge in [-0.1, -0.05) is 11.6 Å². The smallest absolute Gasteiger partial charge is 0.255 e. The van der Waals surface area contributed by atoms with E-state index in [-0.39, 0.29) is 18.1 Å². The molecule has 0 bridgehead atoms. The summed E-state index contributed by atoms with van der Waals surface area (Å²) in [4.78, 5) is 25.7. The van der Waals surface area contributed by atoms with Gasteiger partial charge in [0.15, 0.2) is 0 Å². The van der Waals surface area contributed by atoms with Crippen LogP contribution in [-0.4, -0.2) is 59.2 Å². The molecule has 0 spiro atoms. The minimum atomic E-state index is -0.00404. The predicted molar refractivity (Wildman–Crippen MR) is 119 cm³/mol. The Balaban J connectivity index is 1.42. The van der Waals surface area contributed by atoms with Crippen molar-refractivity contribution in [1.29, 1.82) is 0 Å². The molecule has 7 nitrogen and oxygen atoms in total. The fourth-order valence-electron chi connectivity index (χ4n) is 4.08. The van der Waals surface area contributed by atoms with E-state index in [9.17, 15) is 4.79 Å². The molecule has 0 radical (unpaired) electrons. The van der Waals surface area contributed by atoms with E-state index in [1.165, 1.54) is 6.42 Å². The average Bonchev–Trinajstić information content (AvgIpc) is 2.75. The number of nitrogens with zero attached hydrogens (tertiary/aromatic N) is 4. The molecular weight excluding hydrogens is 402 g/mol. The van der Waals surface area contributed by atoms with Gasteiger partial charge in [-0.3, -0.25) is 4.79 Å². The number of anilines is 3. The van der Waals surface area contributed by atoms with Crippen LogP contribution in [0.3, 0.4) is 0 Å². The van der Waals surface area contributed by atoms with E-state index in [1.54, 1.807) is 18.5 Å². The maximum Gasteiger partial charge on any atom is 0.255 e. The van der Waals surface area contributed by atoms with Crippen LogP contribution >= 0.6 is 11.6 Å². The first-order valence-corrected chi connectivity index (χ1v) is 11.0. The Bertz CT molecular complexity index is 876. The van der Waals surface area contributed by atoms with Crippen molar-refractivity contribution in [3.63, 3.8) is 0 Å². The second-order valence-electron chi connectivity index (χ2n) is 8.10. The summed E-state index contributed by atoms with van der Waals surface area (Å²) in [5, 5.41) is 3.61. The van der Waals surface area contributed by atoms with Crippen molar-refractivity contribution in [1.82, 2.24) is 14.9 Å². The number of amides is 1. The number of halogens is 1. The molecule has 2 aliphatic rings. The monoisotopic (exact) mass is 429 g/mol. The maximum atomic E-state index is 12.6. The number of carbonyl (C=O) groups is 1. The van der Waals surface area contributed by atoms with Crippen LogP contribution in [-0.2, 0) is 4.74 Å². The SMILES string of the molecule is CC1CN(c2ccc(Nc3ncc(C(=O)N4CCCCC4)cc3Cl)cn2)CC(C)O1. The zero-order valence-corrected chi connectivity index (χ0v) is 18.2. The highest BCUT2D eigenvalue weighted by Crippen LogP contribution is 2.26. The molecule has 2 aromatic rings. The highest BCUT2D eigenvalue weighted by molar-refractivity contribution is 6.33. The first-order valence-electron chi connectivity index (χ1n) is 10.6. The van der Waals surface area contributed by atoms with Crippen molar-refractivity contribution in [2.45, 2.75) is 45.3 Å². The number of carbonyl (C=O) groups excluding carboxylic acids is 1. The number of hydrogen-bond donors (Lipinski definition) is 1. The van der Waals surface area contributed by atoms with Gasteiger partial charge in [0.25, 0.3) is 5.91 Å². The molecule has 2 fully saturated rings. The zero-order chi connectivity index (χ0) is 21.1. The Morgan fingerprint density at radius 1 is 1.10 bits per heavy atom. The minimum Gasteiger partial charge on any atom is -0.372 e. The quantitative estimate of drug-likeness (QED) is 0.788. The molecule has 0 aliphatic carbocycles. The van der Waals surface area contributed by atoms with E-state index >= 15 is 0 Å². The van der Waals surface area contributed by atoms with Gasteiger partial charge in [-0.15, -0.1) is 0 Å². The van der Waals surface area contributed by atoms with Crippen LogP contribution in [0.25, 0.3) is 0 Å². The lowest BCUT2D eigenvalue weighted by Gasteiger charge is -2.36. The number of nitrogens with one attached hydrogen (secondary N) is 1. The van der Waals surface area contributed by atoms with Gasteiger partial charge in [-0.25, -0.2) is 9.97 Å². The lowest BCUT2D eigenvalue weighted by Crippen LogP contribution is -2.45. The third-order valence-corrected chi connectivity index (χ3v) is 5.77. The van der Waals surface area contributed by atoms with Crippen LogP contribution in [0, 0.1) is 0 Å². The summed E-state index contributed by atoms with van der Waals surface area (Å²) in [5.74, 6) is 1.43. The summed E-state index contributed by atoms with van der Waals surface area (Å²) < 4.78 is 5.79. The number of ether oxygens (including phenoxy) is 1. The molecule has 2 saturated heterocycles. The third-order valence-electron chi connectivity index (χ3n) is 5.49. The first-order chi connectivity index (χ1) is 14.5. The van der Waals surface area contributed by atoms with Crippen LogP contribution in [0.15, 0.2) is 30.6 Å². The predicted octanol–water partition coefficient (Wildman–Crippen LogP) is 4.11. The van der Waals surface area contributed by atoms with Gasteiger partial charge in [-0.2, -0.15) is 0 Å². The third kappa shape index (κ3) is 4.84. The number of morpholine rings is 1. The number of piperidine rings is 1. The van der Waals surface area contributed by atoms with Gasteiger partial charge in [-0.05, 0) is 51.3 Å². The molecule has 2 unspecified atom stereocenters. The van der Waals surface area contributed by atoms with E-state index in [0.717, 1.165) is 50.5 Å². The Morgan fingerprint density at radius 2 is 1.83 bits per heavy atom. The lowest BCUT2D eigenvalue weighted by atomic mass is 10.1. The van der Waals surface area contributed by atoms with E-state index in [1.807, 2.05) is 17.0 Å². The molecule has 2 aliphatic heterocycles. The van der Waals surface area contributed by atoms with Crippen LogP contribution < -0.4 is 10.2 Å². The summed E-state index contributed by atoms with van der Waals surface area (Å²) in [7, 11) is 0. The molecule has 0 saturated carbocycles. The number of likely N-dealkylation sites (tertiary alicyclic amines) is 1. The van der Waals surface area contributed by atoms with Crippen LogP contribution in [0.4, 0.5) is 17.3 Å². The molecule has 160 valence electrons. The zero-order valence-electron chi connectivity index (χ0n) is 17.5. The molecule has 8 heteroatoms. The second-order valence-corrected chi connectivity index (χ2v) is 8.51. The highest BCUT2D eigenvalue weighted by atomic mass is 35.5. The first kappa shape index (κ1) is 20.9. The largest absolute Gasteiger partial charge is 0.372 e. The van der Waals surface area contributed by atoms with Crippen LogP contribution in [0.1, 0.15) is 43.5 Å². The molecule has 0 aromatic carbocycles. The van der Waals surface area contributed by atoms with E-state index in [0.29, 0.717) is 16.4 Å². The summed E-state index contributed by atoms with van der Waals surface area (Å²) in [6.45, 7) is 7.40. The molecule has 2 atom stereocenters. The highest BCUT2D eigenvalue weighted by Gasteiger charge is 2.23. The van der Waals surface area contributed by atoms with Crippen LogP contribution in [0.2, 0.25) is 5.02 Å². The standard InChI is InChI=1S/C22H28ClN5O2/c1-15-13-28(14-16(2)30-15)20-7-6-18(12-24-20)26-21-19(23)10-17(11-25-21)22(29)27-8-4-3-5-9-27/h6-7,10-12,15-16H,3-5,8-9,13-14H2,1-2H3,(H,25,26). The molecule has 4 rings (SSSR count). The Kier molecular flexibility index (Phi) is 6.39. The molecular formula is C22H28ClN5O2. The van der Waals surface area contributed by atoms with Gasteiger partial charge >= 0.3 is 0 Å². The molecule has 4 heterocycles. The Hall–Kier alpha value is -2.38. The number of rotatable bonds is 4. The Labute approximate surface area is 182 Å². The summed E-state index contributed by atoms with van der Waals surface area (Å²) in [6.07, 6.45) is 7.01. The molecule has 1 N–H and O–H groups in total. The summed E-state index contributed by atoms with van der Waals surface area (Å²) >= 11 is 6.41. The van der Waals surface area contributed by atoms with Gasteiger partial charge in [0.05, 0.1) is 34.7 Å². The van der Waals surface area contributed by atoms with Crippen molar-refractivity contribution < 1.29 is 9.53 Å². The molecule has 30 heavy (non-hydrogen) atoms. The van der Waals surface area contributed by atoms with Crippen molar-refractivity contribution in [3.05, 3.63) is 41.2 Å². The van der Waals surface area contributed by atoms with Gasteiger partial charge < -0.3 is 19.9 Å². The van der Waals surface area contributed by atoms with E-state index in [2.05, 4.69) is 34.0 Å². The molecule has 1 amide bonds. The van der Waals surface area contributed by atoms with Gasteiger partial charge in [0, 0.05) is 32.4 Å². The van der Waals surface area contributed by atoms with Gasteiger partial charge in [0.1, 0.15) is 11.6 Å². The number of hydrogen-bond acceptors (Lipinski definition) is 6. The fraction of sp³-hybridized carbons (Fsp3) is 0.500. The van der Waals surface area contributed by atoms with Crippen LogP contribution in [0.5, 0.6) is 0 Å². The minimum absolute atomic E-state index is 0.00404. The average molecular weight is 430 g/mol. The number of aromatic nitrogens is 2. The number of pyridine rings is 2. The summed E-state index contributed by atoms with van der Waals surface area (Å²) in [5.41, 5.74) is 1.31. The fourth-order valence-corrected chi connectivity index (χ4v) is 4.29. The molecule has 2 aromatic heterocycles. The van der Waals surface area contributed by atoms with Crippen molar-refractivity contribution in [3.8, 4) is 0 Å². The van der Waals surface area contributed by atoms with E-state index < -0.39 is 0 Å². The topological polar surface area (TPSA) is 70.6 Å². The summed E-state index contributed by atoms with van der Waals surface area (Å²) in [6, 6.07) is 5.62. The van der Waals surface area contributed by atoms with Crippen molar-refractivity contribution in [2.75, 3.05) is 36.4 Å². The van der Waals surface area contributed by atoms with Crippen molar-refractivity contribution in [2.24, 2.45) is 0 Å². The van der Waals surface area contributed by atoms with E-state index in [4.69, 9.17) is 16.3 Å².